The molecule has 2 aromatic rings. The molecule has 1 unspecified atom stereocenters. The summed E-state index contributed by atoms with van der Waals surface area (Å²) < 4.78 is 5.37. The van der Waals surface area contributed by atoms with Crippen molar-refractivity contribution < 1.29 is 4.74 Å². The van der Waals surface area contributed by atoms with E-state index in [1.807, 2.05) is 38.1 Å². The van der Waals surface area contributed by atoms with Gasteiger partial charge in [-0.15, -0.1) is 0 Å². The fraction of sp³-hybridized carbons (Fsp3) is 0.385. The topological polar surface area (TPSA) is 73.1 Å². The van der Waals surface area contributed by atoms with E-state index in [0.29, 0.717) is 13.2 Å². The van der Waals surface area contributed by atoms with Crippen molar-refractivity contribution in [2.45, 2.75) is 19.9 Å². The van der Waals surface area contributed by atoms with Crippen molar-refractivity contribution in [2.24, 2.45) is 0 Å². The predicted octanol–water partition coefficient (Wildman–Crippen LogP) is 2.05. The van der Waals surface area contributed by atoms with Crippen LogP contribution in [0.25, 0.3) is 10.9 Å². The number of ether oxygens (including phenoxy) is 1. The first-order chi connectivity index (χ1) is 8.70. The molecule has 18 heavy (non-hydrogen) atoms. The zero-order chi connectivity index (χ0) is 13.0. The lowest BCUT2D eigenvalue weighted by Crippen LogP contribution is -2.22. The number of nitrogen functional groups attached to an aromatic ring is 1. The lowest BCUT2D eigenvalue weighted by atomic mass is 10.2. The summed E-state index contributed by atoms with van der Waals surface area (Å²) in [5.74, 6) is 1.03. The van der Waals surface area contributed by atoms with Crippen molar-refractivity contribution in [2.75, 3.05) is 24.3 Å². The smallest absolute Gasteiger partial charge is 0.222 e. The molecule has 3 N–H and O–H groups in total. The van der Waals surface area contributed by atoms with E-state index in [1.54, 1.807) is 0 Å². The first-order valence-electron chi connectivity index (χ1n) is 6.07. The maximum atomic E-state index is 5.71. The Balaban J connectivity index is 2.26. The molecular weight excluding hydrogens is 228 g/mol. The van der Waals surface area contributed by atoms with Gasteiger partial charge in [-0.2, -0.15) is 4.98 Å². The first kappa shape index (κ1) is 12.6. The lowest BCUT2D eigenvalue weighted by Gasteiger charge is -2.15. The Bertz CT molecular complexity index is 529. The number of benzene rings is 1. The third-order valence-corrected chi connectivity index (χ3v) is 2.58. The van der Waals surface area contributed by atoms with Gasteiger partial charge >= 0.3 is 0 Å². The third kappa shape index (κ3) is 2.87. The fourth-order valence-electron chi connectivity index (χ4n) is 1.77. The number of fused-ring (bicyclic) bond motifs is 1. The molecule has 0 amide bonds. The SMILES string of the molecule is CCOCC(C)Nc1nc(N)nc2ccccc12. The number of nitrogens with two attached hydrogens (primary N) is 1. The molecule has 2 rings (SSSR count). The minimum absolute atomic E-state index is 0.169. The fourth-order valence-corrected chi connectivity index (χ4v) is 1.77. The van der Waals surface area contributed by atoms with Crippen LogP contribution in [0, 0.1) is 0 Å². The van der Waals surface area contributed by atoms with E-state index in [9.17, 15) is 0 Å². The van der Waals surface area contributed by atoms with E-state index in [0.717, 1.165) is 16.7 Å². The Morgan fingerprint density at radius 1 is 1.33 bits per heavy atom. The van der Waals surface area contributed by atoms with Crippen LogP contribution in [0.4, 0.5) is 11.8 Å². The minimum atomic E-state index is 0.169. The van der Waals surface area contributed by atoms with Gasteiger partial charge in [-0.3, -0.25) is 0 Å². The van der Waals surface area contributed by atoms with Gasteiger partial charge in [-0.05, 0) is 26.0 Å². The van der Waals surface area contributed by atoms with Crippen molar-refractivity contribution in [3.63, 3.8) is 0 Å². The summed E-state index contributed by atoms with van der Waals surface area (Å²) in [5, 5.41) is 4.27. The van der Waals surface area contributed by atoms with Crippen LogP contribution in [0.15, 0.2) is 24.3 Å². The van der Waals surface area contributed by atoms with Crippen molar-refractivity contribution >= 4 is 22.7 Å². The van der Waals surface area contributed by atoms with Crippen molar-refractivity contribution in [1.82, 2.24) is 9.97 Å². The normalized spacial score (nSPS) is 12.6. The Morgan fingerprint density at radius 3 is 2.89 bits per heavy atom. The van der Waals surface area contributed by atoms with Gasteiger partial charge in [-0.25, -0.2) is 4.98 Å². The van der Waals surface area contributed by atoms with Crippen LogP contribution in [-0.4, -0.2) is 29.2 Å². The van der Waals surface area contributed by atoms with E-state index in [4.69, 9.17) is 10.5 Å². The summed E-state index contributed by atoms with van der Waals surface area (Å²) in [7, 11) is 0. The van der Waals surface area contributed by atoms with Crippen LogP contribution >= 0.6 is 0 Å². The average molecular weight is 246 g/mol. The summed E-state index contributed by atoms with van der Waals surface area (Å²) in [5.41, 5.74) is 6.55. The van der Waals surface area contributed by atoms with Gasteiger partial charge in [0.2, 0.25) is 5.95 Å². The zero-order valence-electron chi connectivity index (χ0n) is 10.7. The molecule has 0 spiro atoms. The van der Waals surface area contributed by atoms with E-state index in [-0.39, 0.29) is 12.0 Å². The molecule has 0 saturated heterocycles. The molecule has 96 valence electrons. The first-order valence-corrected chi connectivity index (χ1v) is 6.07. The third-order valence-electron chi connectivity index (χ3n) is 2.58. The highest BCUT2D eigenvalue weighted by atomic mass is 16.5. The van der Waals surface area contributed by atoms with E-state index in [2.05, 4.69) is 15.3 Å². The van der Waals surface area contributed by atoms with Gasteiger partial charge in [0, 0.05) is 18.0 Å². The van der Waals surface area contributed by atoms with E-state index < -0.39 is 0 Å². The van der Waals surface area contributed by atoms with Gasteiger partial charge in [0.05, 0.1) is 12.1 Å². The number of hydrogen-bond acceptors (Lipinski definition) is 5. The Kier molecular flexibility index (Phi) is 3.94. The van der Waals surface area contributed by atoms with Crippen LogP contribution in [0.5, 0.6) is 0 Å². The van der Waals surface area contributed by atoms with Gasteiger partial charge < -0.3 is 15.8 Å². The summed E-state index contributed by atoms with van der Waals surface area (Å²) >= 11 is 0. The molecule has 1 atom stereocenters. The van der Waals surface area contributed by atoms with Gasteiger partial charge in [-0.1, -0.05) is 12.1 Å². The molecule has 0 saturated carbocycles. The highest BCUT2D eigenvalue weighted by Gasteiger charge is 2.08. The van der Waals surface area contributed by atoms with Crippen molar-refractivity contribution in [1.29, 1.82) is 0 Å². The van der Waals surface area contributed by atoms with Gasteiger partial charge in [0.1, 0.15) is 5.82 Å². The summed E-state index contributed by atoms with van der Waals surface area (Å²) in [6.45, 7) is 5.36. The maximum absolute atomic E-state index is 5.71. The van der Waals surface area contributed by atoms with Gasteiger partial charge in [0.25, 0.3) is 0 Å². The average Bonchev–Trinajstić information content (AvgIpc) is 2.36. The highest BCUT2D eigenvalue weighted by Crippen LogP contribution is 2.21. The number of hydrogen-bond donors (Lipinski definition) is 2. The summed E-state index contributed by atoms with van der Waals surface area (Å²) in [6.07, 6.45) is 0. The quantitative estimate of drug-likeness (QED) is 0.844. The number of anilines is 2. The molecule has 1 aromatic carbocycles. The summed E-state index contributed by atoms with van der Waals surface area (Å²) in [4.78, 5) is 8.45. The molecule has 0 aliphatic rings. The number of nitrogens with zero attached hydrogens (tertiary/aromatic N) is 2. The van der Waals surface area contributed by atoms with Crippen LogP contribution in [0.3, 0.4) is 0 Å². The largest absolute Gasteiger partial charge is 0.380 e. The molecule has 0 aliphatic carbocycles. The molecule has 5 nitrogen and oxygen atoms in total. The molecule has 0 bridgehead atoms. The number of rotatable bonds is 5. The molecule has 0 aliphatic heterocycles. The maximum Gasteiger partial charge on any atom is 0.222 e. The monoisotopic (exact) mass is 246 g/mol. The molecule has 1 heterocycles. The molecule has 0 fully saturated rings. The van der Waals surface area contributed by atoms with Crippen molar-refractivity contribution in [3.8, 4) is 0 Å². The predicted molar refractivity (Wildman–Crippen MR) is 73.5 cm³/mol. The Hall–Kier alpha value is -1.88. The van der Waals surface area contributed by atoms with E-state index in [1.165, 1.54) is 0 Å². The minimum Gasteiger partial charge on any atom is -0.380 e. The second-order valence-electron chi connectivity index (χ2n) is 4.15. The van der Waals surface area contributed by atoms with Crippen molar-refractivity contribution in [3.05, 3.63) is 24.3 Å². The molecule has 5 heteroatoms. The Morgan fingerprint density at radius 2 is 2.11 bits per heavy atom. The highest BCUT2D eigenvalue weighted by molar-refractivity contribution is 5.89. The number of para-hydroxylation sites is 1. The second-order valence-corrected chi connectivity index (χ2v) is 4.15. The van der Waals surface area contributed by atoms with Crippen LogP contribution in [0.2, 0.25) is 0 Å². The number of nitrogens with one attached hydrogen (secondary N) is 1. The standard InChI is InChI=1S/C13H18N4O/c1-3-18-8-9(2)15-12-10-6-4-5-7-11(10)16-13(14)17-12/h4-7,9H,3,8H2,1-2H3,(H3,14,15,16,17). The summed E-state index contributed by atoms with van der Waals surface area (Å²) in [6, 6.07) is 7.96. The van der Waals surface area contributed by atoms with Gasteiger partial charge in [0.15, 0.2) is 0 Å². The zero-order valence-corrected chi connectivity index (χ0v) is 10.7. The van der Waals surface area contributed by atoms with Crippen LogP contribution < -0.4 is 11.1 Å². The van der Waals surface area contributed by atoms with E-state index >= 15 is 0 Å². The lowest BCUT2D eigenvalue weighted by molar-refractivity contribution is 0.141. The second kappa shape index (κ2) is 5.64. The number of aromatic nitrogens is 2. The van der Waals surface area contributed by atoms with Crippen LogP contribution in [-0.2, 0) is 4.74 Å². The Labute approximate surface area is 106 Å². The molecule has 0 radical (unpaired) electrons. The van der Waals surface area contributed by atoms with Crippen LogP contribution in [0.1, 0.15) is 13.8 Å². The molecular formula is C13H18N4O. The molecule has 1 aromatic heterocycles.